The fraction of sp³-hybridized carbons (Fsp3) is 1.00. The van der Waals surface area contributed by atoms with Gasteiger partial charge in [0, 0.05) is 25.0 Å². The molecule has 5 nitrogen and oxygen atoms in total. The lowest BCUT2D eigenvalue weighted by molar-refractivity contribution is -0.0793. The molecule has 21 heavy (non-hydrogen) atoms. The molecule has 2 rings (SSSR count). The highest BCUT2D eigenvalue weighted by Crippen LogP contribution is 2.42. The van der Waals surface area contributed by atoms with E-state index in [0.717, 1.165) is 19.5 Å². The Hall–Kier alpha value is -0.170. The van der Waals surface area contributed by atoms with Crippen LogP contribution in [0, 0.1) is 5.92 Å². The van der Waals surface area contributed by atoms with E-state index >= 15 is 0 Å². The van der Waals surface area contributed by atoms with Crippen molar-refractivity contribution in [3.05, 3.63) is 0 Å². The summed E-state index contributed by atoms with van der Waals surface area (Å²) in [5.41, 5.74) is -0.413. The summed E-state index contributed by atoms with van der Waals surface area (Å²) in [6.07, 6.45) is 0.740. The van der Waals surface area contributed by atoms with Crippen LogP contribution in [0.1, 0.15) is 34.1 Å². The molecule has 2 unspecified atom stereocenters. The number of hydrogen-bond donors (Lipinski definition) is 1. The number of rotatable bonds is 3. The molecule has 0 bridgehead atoms. The molecule has 0 amide bonds. The minimum Gasteiger partial charge on any atom is -0.368 e. The maximum Gasteiger partial charge on any atom is 0.151 e. The quantitative estimate of drug-likeness (QED) is 0.838. The van der Waals surface area contributed by atoms with Crippen molar-refractivity contribution in [2.24, 2.45) is 5.92 Å². The second kappa shape index (κ2) is 5.80. The van der Waals surface area contributed by atoms with Gasteiger partial charge in [0.15, 0.2) is 9.84 Å². The average Bonchev–Trinajstić information content (AvgIpc) is 2.44. The Labute approximate surface area is 129 Å². The van der Waals surface area contributed by atoms with Crippen molar-refractivity contribution in [3.63, 3.8) is 0 Å². The van der Waals surface area contributed by atoms with Gasteiger partial charge in [0.25, 0.3) is 0 Å². The standard InChI is InChI=1S/C15H30N2O3S/c1-14(2)12(13(16-5)15(3,4)20-14)11-17-7-6-9-21(18,19)10-8-17/h12-13,16H,6-11H2,1-5H3. The van der Waals surface area contributed by atoms with Crippen molar-refractivity contribution in [1.82, 2.24) is 10.2 Å². The molecule has 2 aliphatic rings. The van der Waals surface area contributed by atoms with Crippen LogP contribution in [0.15, 0.2) is 0 Å². The van der Waals surface area contributed by atoms with Crippen molar-refractivity contribution >= 4 is 9.84 Å². The first kappa shape index (κ1) is 17.2. The van der Waals surface area contributed by atoms with E-state index < -0.39 is 9.84 Å². The number of nitrogens with zero attached hydrogens (tertiary/aromatic N) is 1. The number of sulfone groups is 1. The van der Waals surface area contributed by atoms with Crippen LogP contribution in [0.2, 0.25) is 0 Å². The monoisotopic (exact) mass is 318 g/mol. The minimum atomic E-state index is -2.84. The Morgan fingerprint density at radius 3 is 2.43 bits per heavy atom. The van der Waals surface area contributed by atoms with E-state index in [0.29, 0.717) is 18.2 Å². The first-order chi connectivity index (χ1) is 9.57. The van der Waals surface area contributed by atoms with Gasteiger partial charge in [0.05, 0.1) is 22.7 Å². The number of ether oxygens (including phenoxy) is 1. The second-order valence-corrected chi connectivity index (χ2v) is 9.79. The second-order valence-electron chi connectivity index (χ2n) is 7.49. The smallest absolute Gasteiger partial charge is 0.151 e. The third kappa shape index (κ3) is 3.78. The summed E-state index contributed by atoms with van der Waals surface area (Å²) in [4.78, 5) is 2.30. The zero-order valence-electron chi connectivity index (χ0n) is 14.0. The van der Waals surface area contributed by atoms with E-state index in [1.165, 1.54) is 0 Å². The van der Waals surface area contributed by atoms with Gasteiger partial charge in [-0.15, -0.1) is 0 Å². The molecule has 0 aromatic rings. The Bertz CT molecular complexity index is 473. The minimum absolute atomic E-state index is 0.206. The molecule has 2 saturated heterocycles. The molecule has 0 saturated carbocycles. The summed E-state index contributed by atoms with van der Waals surface area (Å²) in [7, 11) is -0.862. The predicted octanol–water partition coefficient (Wildman–Crippen LogP) is 0.899. The number of hydrogen-bond acceptors (Lipinski definition) is 5. The van der Waals surface area contributed by atoms with Crippen LogP contribution < -0.4 is 5.32 Å². The zero-order valence-corrected chi connectivity index (χ0v) is 14.8. The number of likely N-dealkylation sites (N-methyl/N-ethyl adjacent to an activating group) is 1. The molecule has 0 aliphatic carbocycles. The Kier molecular flexibility index (Phi) is 4.74. The van der Waals surface area contributed by atoms with Crippen LogP contribution in [0.25, 0.3) is 0 Å². The van der Waals surface area contributed by atoms with Gasteiger partial charge in [-0.25, -0.2) is 8.42 Å². The molecule has 0 spiro atoms. The third-order valence-corrected chi connectivity index (χ3v) is 6.70. The van der Waals surface area contributed by atoms with E-state index in [1.807, 2.05) is 7.05 Å². The summed E-state index contributed by atoms with van der Waals surface area (Å²) < 4.78 is 29.7. The molecule has 0 aromatic heterocycles. The summed E-state index contributed by atoms with van der Waals surface area (Å²) >= 11 is 0. The van der Waals surface area contributed by atoms with Crippen LogP contribution in [0.4, 0.5) is 0 Å². The SMILES string of the molecule is CNC1C(CN2CCCS(=O)(=O)CC2)C(C)(C)OC1(C)C. The van der Waals surface area contributed by atoms with Crippen LogP contribution in [0.5, 0.6) is 0 Å². The van der Waals surface area contributed by atoms with E-state index in [4.69, 9.17) is 4.74 Å². The van der Waals surface area contributed by atoms with Gasteiger partial charge in [-0.05, 0) is 47.7 Å². The van der Waals surface area contributed by atoms with E-state index in [9.17, 15) is 8.42 Å². The lowest BCUT2D eigenvalue weighted by Gasteiger charge is -2.33. The van der Waals surface area contributed by atoms with E-state index in [-0.39, 0.29) is 23.0 Å². The van der Waals surface area contributed by atoms with Gasteiger partial charge in [0.1, 0.15) is 0 Å². The Morgan fingerprint density at radius 1 is 1.14 bits per heavy atom. The Morgan fingerprint density at radius 2 is 1.81 bits per heavy atom. The molecule has 0 radical (unpaired) electrons. The third-order valence-electron chi connectivity index (χ3n) is 4.98. The molecule has 124 valence electrons. The van der Waals surface area contributed by atoms with Crippen molar-refractivity contribution in [2.75, 3.05) is 38.2 Å². The van der Waals surface area contributed by atoms with Gasteiger partial charge in [-0.3, -0.25) is 0 Å². The summed E-state index contributed by atoms with van der Waals surface area (Å²) in [6, 6.07) is 0.271. The molecular weight excluding hydrogens is 288 g/mol. The van der Waals surface area contributed by atoms with Crippen LogP contribution in [-0.2, 0) is 14.6 Å². The maximum atomic E-state index is 11.7. The fourth-order valence-corrected chi connectivity index (χ4v) is 5.34. The molecular formula is C15H30N2O3S. The van der Waals surface area contributed by atoms with Crippen molar-refractivity contribution in [1.29, 1.82) is 0 Å². The summed E-state index contributed by atoms with van der Waals surface area (Å²) in [5.74, 6) is 0.960. The van der Waals surface area contributed by atoms with Crippen LogP contribution in [0.3, 0.4) is 0 Å². The molecule has 0 aromatic carbocycles. The first-order valence-corrected chi connectivity index (χ1v) is 9.70. The lowest BCUT2D eigenvalue weighted by Crippen LogP contribution is -2.50. The molecule has 2 atom stereocenters. The molecule has 2 heterocycles. The molecule has 2 fully saturated rings. The topological polar surface area (TPSA) is 58.6 Å². The highest BCUT2D eigenvalue weighted by molar-refractivity contribution is 7.91. The van der Waals surface area contributed by atoms with Gasteiger partial charge >= 0.3 is 0 Å². The summed E-state index contributed by atoms with van der Waals surface area (Å²) in [5, 5.41) is 3.41. The van der Waals surface area contributed by atoms with Gasteiger partial charge in [-0.2, -0.15) is 0 Å². The molecule has 6 heteroatoms. The van der Waals surface area contributed by atoms with Gasteiger partial charge in [-0.1, -0.05) is 0 Å². The van der Waals surface area contributed by atoms with Crippen molar-refractivity contribution in [3.8, 4) is 0 Å². The fourth-order valence-electron chi connectivity index (χ4n) is 4.03. The predicted molar refractivity (Wildman–Crippen MR) is 85.3 cm³/mol. The molecule has 1 N–H and O–H groups in total. The van der Waals surface area contributed by atoms with Crippen molar-refractivity contribution in [2.45, 2.75) is 51.4 Å². The summed E-state index contributed by atoms with van der Waals surface area (Å²) in [6.45, 7) is 10.9. The van der Waals surface area contributed by atoms with E-state index in [1.54, 1.807) is 0 Å². The molecule has 2 aliphatic heterocycles. The van der Waals surface area contributed by atoms with Gasteiger partial charge in [0.2, 0.25) is 0 Å². The van der Waals surface area contributed by atoms with Crippen LogP contribution in [-0.4, -0.2) is 68.7 Å². The normalized spacial score (nSPS) is 35.5. The van der Waals surface area contributed by atoms with Crippen LogP contribution >= 0.6 is 0 Å². The van der Waals surface area contributed by atoms with E-state index in [2.05, 4.69) is 37.9 Å². The zero-order chi connectivity index (χ0) is 15.9. The highest BCUT2D eigenvalue weighted by Gasteiger charge is 2.53. The van der Waals surface area contributed by atoms with Crippen molar-refractivity contribution < 1.29 is 13.2 Å². The lowest BCUT2D eigenvalue weighted by atomic mass is 9.82. The largest absolute Gasteiger partial charge is 0.368 e. The first-order valence-electron chi connectivity index (χ1n) is 7.88. The number of nitrogens with one attached hydrogen (secondary N) is 1. The van der Waals surface area contributed by atoms with Gasteiger partial charge < -0.3 is 15.0 Å². The average molecular weight is 318 g/mol. The maximum absolute atomic E-state index is 11.7. The highest BCUT2D eigenvalue weighted by atomic mass is 32.2. The Balaban J connectivity index is 2.10.